The summed E-state index contributed by atoms with van der Waals surface area (Å²) in [4.78, 5) is 6.38. The molecule has 0 fully saturated rings. The molecule has 0 aliphatic heterocycles. The molecule has 2 aliphatic carbocycles. The molecule has 70 heavy (non-hydrogen) atoms. The van der Waals surface area contributed by atoms with Gasteiger partial charge in [-0.1, -0.05) is 178 Å². The number of aliphatic hydroxyl groups is 1. The van der Waals surface area contributed by atoms with E-state index in [4.69, 9.17) is 6.57 Å². The maximum atomic E-state index is 13.0. The summed E-state index contributed by atoms with van der Waals surface area (Å²) in [5, 5.41) is 51.4. The lowest BCUT2D eigenvalue weighted by Crippen LogP contribution is -2.30. The lowest BCUT2D eigenvalue weighted by atomic mass is 9.69. The van der Waals surface area contributed by atoms with Crippen LogP contribution in [0.1, 0.15) is 184 Å². The van der Waals surface area contributed by atoms with Gasteiger partial charge >= 0.3 is 0 Å². The molecule has 0 spiro atoms. The number of fused-ring (bicyclic) bond motifs is 4. The number of anilines is 1. The summed E-state index contributed by atoms with van der Waals surface area (Å²) in [5.41, 5.74) is 7.49. The molecule has 7 nitrogen and oxygen atoms in total. The van der Waals surface area contributed by atoms with Gasteiger partial charge in [-0.15, -0.1) is 0 Å². The number of phenolic OH excluding ortho intramolecular Hbond substituents is 2. The third-order valence-corrected chi connectivity index (χ3v) is 14.7. The van der Waals surface area contributed by atoms with Gasteiger partial charge in [-0.3, -0.25) is 0 Å². The lowest BCUT2D eigenvalue weighted by molar-refractivity contribution is -0.528. The molecule has 366 valence electrons. The van der Waals surface area contributed by atoms with E-state index >= 15 is 0 Å². The molecule has 0 atom stereocenters. The summed E-state index contributed by atoms with van der Waals surface area (Å²) in [7, 11) is 0. The molecule has 0 amide bonds. The Kier molecular flexibility index (Phi) is 18.8. The fourth-order valence-corrected chi connectivity index (χ4v) is 11.2. The molecular formula is C63H77N4O3+. The molecule has 0 bridgehead atoms. The molecular weight excluding hydrogens is 861 g/mol. The number of aliphatic hydroxyl groups excluding tert-OH is 1. The molecule has 0 saturated carbocycles. The number of phenols is 2. The largest absolute Gasteiger partial charge is 0.507 e. The average molecular weight is 938 g/mol. The van der Waals surface area contributed by atoms with Crippen LogP contribution in [0.15, 0.2) is 108 Å². The maximum absolute atomic E-state index is 13.0. The van der Waals surface area contributed by atoms with Crippen molar-refractivity contribution in [3.05, 3.63) is 147 Å². The van der Waals surface area contributed by atoms with E-state index in [9.17, 15) is 20.6 Å². The third-order valence-electron chi connectivity index (χ3n) is 14.7. The minimum atomic E-state index is -0.155. The fourth-order valence-electron chi connectivity index (χ4n) is 11.2. The van der Waals surface area contributed by atoms with Crippen molar-refractivity contribution in [2.45, 2.75) is 156 Å². The Labute approximate surface area is 419 Å². The van der Waals surface area contributed by atoms with Crippen LogP contribution in [-0.2, 0) is 0 Å². The van der Waals surface area contributed by atoms with Gasteiger partial charge in [0, 0.05) is 75.5 Å². The fraction of sp³-hybridized carbons (Fsp3) is 0.444. The number of unbranched alkanes of at least 4 members (excludes halogenated alkanes) is 16. The van der Waals surface area contributed by atoms with Crippen molar-refractivity contribution >= 4 is 44.1 Å². The Morgan fingerprint density at radius 2 is 1.03 bits per heavy atom. The molecule has 0 unspecified atom stereocenters. The minimum Gasteiger partial charge on any atom is -0.507 e. The first-order chi connectivity index (χ1) is 34.4. The Morgan fingerprint density at radius 1 is 0.529 bits per heavy atom. The Hall–Kier alpha value is -6.31. The van der Waals surface area contributed by atoms with Crippen molar-refractivity contribution < 1.29 is 19.9 Å². The highest BCUT2D eigenvalue weighted by molar-refractivity contribution is 6.26. The van der Waals surface area contributed by atoms with E-state index in [2.05, 4.69) is 84.5 Å². The van der Waals surface area contributed by atoms with Crippen LogP contribution in [0.25, 0.3) is 37.5 Å². The number of benzene rings is 5. The van der Waals surface area contributed by atoms with Gasteiger partial charge in [-0.05, 0) is 60.9 Å². The van der Waals surface area contributed by atoms with Gasteiger partial charge in [0.1, 0.15) is 30.3 Å². The van der Waals surface area contributed by atoms with Crippen molar-refractivity contribution in [1.29, 1.82) is 5.26 Å². The van der Waals surface area contributed by atoms with Gasteiger partial charge < -0.3 is 20.2 Å². The quantitative estimate of drug-likeness (QED) is 0.0166. The first kappa shape index (κ1) is 51.5. The standard InChI is InChI=1S/C63H76N4O3/c1-6-10-14-18-26-40-66(41-27-19-15-11-7-2)61-47-34-24-22-32-45(47)56(54-49(61)36-30-38-52(54)68)59-58(51(44-64)65-5)60(63(59)70)57-46-33-23-25-35-48(46)62(50-37-31-39-53(69)55(50)57)67(42-28-20-16-12-8-3)43-29-21-17-13-9-4/h22-25,30-39H,6-21,26-29,40-43H2,1-4H3,(H2-,68,69,70)/p+1. The van der Waals surface area contributed by atoms with E-state index < -0.39 is 0 Å². The Balaban J connectivity index is 1.48. The highest BCUT2D eigenvalue weighted by Crippen LogP contribution is 2.58. The number of rotatable bonds is 26. The summed E-state index contributed by atoms with van der Waals surface area (Å²) < 4.78 is 2.53. The highest BCUT2D eigenvalue weighted by atomic mass is 16.3. The normalized spacial score (nSPS) is 14.9. The first-order valence-corrected chi connectivity index (χ1v) is 27.0. The monoisotopic (exact) mass is 938 g/mol. The molecule has 0 heterocycles. The first-order valence-electron chi connectivity index (χ1n) is 27.0. The van der Waals surface area contributed by atoms with E-state index in [0.717, 1.165) is 122 Å². The van der Waals surface area contributed by atoms with Gasteiger partial charge in [0.2, 0.25) is 5.71 Å². The molecule has 2 aliphatic rings. The van der Waals surface area contributed by atoms with E-state index in [0.29, 0.717) is 38.8 Å². The topological polar surface area (TPSA) is 95.1 Å². The molecule has 5 aromatic rings. The molecule has 7 heteroatoms. The number of nitrogens with zero attached hydrogens (tertiary/aromatic N) is 4. The molecule has 5 aromatic carbocycles. The smallest absolute Gasteiger partial charge is 0.270 e. The lowest BCUT2D eigenvalue weighted by Gasteiger charge is -2.35. The van der Waals surface area contributed by atoms with Gasteiger partial charge in [-0.2, -0.15) is 0 Å². The summed E-state index contributed by atoms with van der Waals surface area (Å²) >= 11 is 0. The summed E-state index contributed by atoms with van der Waals surface area (Å²) in [6, 6.07) is 30.0. The predicted molar refractivity (Wildman–Crippen MR) is 293 cm³/mol. The maximum Gasteiger partial charge on any atom is 0.270 e. The van der Waals surface area contributed by atoms with Crippen LogP contribution in [-0.4, -0.2) is 51.8 Å². The minimum absolute atomic E-state index is 0.0660. The average Bonchev–Trinajstić information content (AvgIpc) is 3.37. The molecule has 7 rings (SSSR count). The second-order valence-corrected chi connectivity index (χ2v) is 19.6. The molecule has 0 saturated heterocycles. The van der Waals surface area contributed by atoms with Crippen LogP contribution in [0.3, 0.4) is 0 Å². The number of allylic oxidation sites excluding steroid dienone is 3. The van der Waals surface area contributed by atoms with Gasteiger partial charge in [0.15, 0.2) is 0 Å². The van der Waals surface area contributed by atoms with Crippen LogP contribution in [0, 0.1) is 17.9 Å². The van der Waals surface area contributed by atoms with Crippen LogP contribution < -0.4 is 4.90 Å². The number of aromatic hydroxyl groups is 2. The second-order valence-electron chi connectivity index (χ2n) is 19.6. The van der Waals surface area contributed by atoms with E-state index in [1.54, 1.807) is 12.1 Å². The Morgan fingerprint density at radius 3 is 1.61 bits per heavy atom. The van der Waals surface area contributed by atoms with Gasteiger partial charge in [0.05, 0.1) is 29.5 Å². The second kappa shape index (κ2) is 25.5. The van der Waals surface area contributed by atoms with Gasteiger partial charge in [-0.25, -0.2) is 14.7 Å². The Bertz CT molecular complexity index is 2800. The number of hydrogen-bond donors (Lipinski definition) is 3. The van der Waals surface area contributed by atoms with Crippen LogP contribution in [0.4, 0.5) is 5.69 Å². The van der Waals surface area contributed by atoms with Crippen molar-refractivity contribution in [3.8, 4) is 17.6 Å². The van der Waals surface area contributed by atoms with Crippen LogP contribution in [0.5, 0.6) is 11.5 Å². The van der Waals surface area contributed by atoms with E-state index in [-0.39, 0.29) is 23.0 Å². The van der Waals surface area contributed by atoms with Crippen molar-refractivity contribution in [1.82, 2.24) is 0 Å². The SMILES string of the molecule is [C-]#[N+]/C(C#N)=C1C(c2c3ccccc3c(N(CCCCCCC)CCCCCCC)c3cccc(O)c23)=C(O)C/1=C1\c2ccccc2C(=[N+](CCCCCCC)CCCCCCC)c2cccc(O)c21. The number of hydrogen-bond acceptors (Lipinski definition) is 5. The summed E-state index contributed by atoms with van der Waals surface area (Å²) in [6.07, 6.45) is 23.3. The highest BCUT2D eigenvalue weighted by Gasteiger charge is 2.43. The zero-order valence-corrected chi connectivity index (χ0v) is 42.7. The van der Waals surface area contributed by atoms with E-state index in [1.165, 1.54) is 77.0 Å². The van der Waals surface area contributed by atoms with Crippen molar-refractivity contribution in [2.24, 2.45) is 0 Å². The molecule has 3 N–H and O–H groups in total. The van der Waals surface area contributed by atoms with E-state index in [1.807, 2.05) is 36.4 Å². The van der Waals surface area contributed by atoms with Crippen LogP contribution in [0.2, 0.25) is 0 Å². The summed E-state index contributed by atoms with van der Waals surface area (Å²) in [6.45, 7) is 21.0. The van der Waals surface area contributed by atoms with Crippen molar-refractivity contribution in [3.63, 3.8) is 0 Å². The third kappa shape index (κ3) is 11.0. The molecule has 0 aromatic heterocycles. The number of nitriles is 1. The zero-order valence-electron chi connectivity index (χ0n) is 42.7. The zero-order chi connectivity index (χ0) is 49.4. The summed E-state index contributed by atoms with van der Waals surface area (Å²) in [5.74, 6) is 0.0769. The van der Waals surface area contributed by atoms with Crippen molar-refractivity contribution in [2.75, 3.05) is 31.1 Å². The predicted octanol–water partition coefficient (Wildman–Crippen LogP) is 16.7. The van der Waals surface area contributed by atoms with Crippen LogP contribution >= 0.6 is 0 Å². The molecule has 0 radical (unpaired) electrons. The van der Waals surface area contributed by atoms with Gasteiger partial charge in [0.25, 0.3) is 5.70 Å².